The van der Waals surface area contributed by atoms with Crippen molar-refractivity contribution in [2.45, 2.75) is 19.8 Å². The molecule has 0 aliphatic heterocycles. The molecule has 0 fully saturated rings. The largest absolute Gasteiger partial charge is 0.333 e. The van der Waals surface area contributed by atoms with Crippen LogP contribution in [-0.4, -0.2) is 27.4 Å². The molecule has 0 saturated carbocycles. The molecule has 0 N–H and O–H groups in total. The van der Waals surface area contributed by atoms with Crippen molar-refractivity contribution >= 4 is 23.5 Å². The second-order valence-electron chi connectivity index (χ2n) is 6.80. The molecule has 2 aromatic heterocycles. The van der Waals surface area contributed by atoms with Gasteiger partial charge in [-0.15, -0.1) is 0 Å². The maximum absolute atomic E-state index is 12.7. The number of nitrogens with zero attached hydrogens (tertiary/aromatic N) is 3. The van der Waals surface area contributed by atoms with Gasteiger partial charge in [-0.25, -0.2) is 4.79 Å². The van der Waals surface area contributed by atoms with Crippen molar-refractivity contribution in [1.29, 1.82) is 0 Å². The van der Waals surface area contributed by atoms with E-state index in [1.807, 2.05) is 30.3 Å². The summed E-state index contributed by atoms with van der Waals surface area (Å²) < 4.78 is 15.6. The molecule has 3 rings (SSSR count). The van der Waals surface area contributed by atoms with Gasteiger partial charge in [0.1, 0.15) is 7.14 Å². The molecule has 0 saturated heterocycles. The molecule has 6 heteroatoms. The quantitative estimate of drug-likeness (QED) is 0.687. The summed E-state index contributed by atoms with van der Waals surface area (Å²) >= 11 is 0. The minimum Gasteiger partial charge on any atom is -0.319 e. The van der Waals surface area contributed by atoms with E-state index in [0.717, 1.165) is 22.0 Å². The van der Waals surface area contributed by atoms with Crippen LogP contribution in [-0.2, 0) is 11.6 Å². The van der Waals surface area contributed by atoms with Crippen molar-refractivity contribution in [3.05, 3.63) is 52.7 Å². The average Bonchev–Trinajstić information content (AvgIpc) is 2.78. The van der Waals surface area contributed by atoms with Gasteiger partial charge in [-0.05, 0) is 49.6 Å². The van der Waals surface area contributed by atoms with E-state index in [1.165, 1.54) is 0 Å². The zero-order valence-corrected chi connectivity index (χ0v) is 15.5. The Kier molecular flexibility index (Phi) is 4.00. The van der Waals surface area contributed by atoms with E-state index in [9.17, 15) is 9.36 Å². The topological polar surface area (TPSA) is 56.9 Å². The summed E-state index contributed by atoms with van der Waals surface area (Å²) in [5.74, 6) is 0.334. The summed E-state index contributed by atoms with van der Waals surface area (Å²) in [6.45, 7) is 7.63. The number of pyridine rings is 1. The van der Waals surface area contributed by atoms with Crippen molar-refractivity contribution < 1.29 is 4.57 Å². The first-order valence-corrected chi connectivity index (χ1v) is 10.5. The van der Waals surface area contributed by atoms with Gasteiger partial charge in [-0.1, -0.05) is 13.8 Å². The van der Waals surface area contributed by atoms with Crippen molar-refractivity contribution in [3.8, 4) is 5.69 Å². The van der Waals surface area contributed by atoms with Gasteiger partial charge < -0.3 is 4.57 Å². The lowest BCUT2D eigenvalue weighted by Gasteiger charge is -2.09. The van der Waals surface area contributed by atoms with Gasteiger partial charge in [0.05, 0.1) is 22.9 Å². The molecule has 0 radical (unpaired) electrons. The second kappa shape index (κ2) is 5.75. The van der Waals surface area contributed by atoms with Crippen LogP contribution >= 0.6 is 7.14 Å². The van der Waals surface area contributed by atoms with E-state index in [1.54, 1.807) is 35.7 Å². The molecular weight excluding hydrogens is 321 g/mol. The molecule has 0 atom stereocenters. The minimum atomic E-state index is -2.40. The Labute approximate surface area is 141 Å². The summed E-state index contributed by atoms with van der Waals surface area (Å²) in [6, 6.07) is 9.41. The number of imidazole rings is 1. The Balaban J connectivity index is 2.28. The molecule has 0 aliphatic carbocycles. The fourth-order valence-corrected chi connectivity index (χ4v) is 3.65. The molecule has 5 nitrogen and oxygen atoms in total. The van der Waals surface area contributed by atoms with Gasteiger partial charge >= 0.3 is 5.69 Å². The molecule has 0 spiro atoms. The molecule has 0 aliphatic rings. The van der Waals surface area contributed by atoms with Crippen LogP contribution in [0.1, 0.15) is 25.5 Å². The highest BCUT2D eigenvalue weighted by molar-refractivity contribution is 7.70. The number of rotatable bonds is 3. The van der Waals surface area contributed by atoms with E-state index >= 15 is 0 Å². The molecule has 1 aromatic carbocycles. The molecule has 0 amide bonds. The fraction of sp³-hybridized carbons (Fsp3) is 0.333. The number of fused-ring (bicyclic) bond motifs is 1. The van der Waals surface area contributed by atoms with Gasteiger partial charge in [0.2, 0.25) is 0 Å². The lowest BCUT2D eigenvalue weighted by molar-refractivity contribution is 0.588. The first-order chi connectivity index (χ1) is 11.2. The second-order valence-corrected chi connectivity index (χ2v) is 10.0. The summed E-state index contributed by atoms with van der Waals surface area (Å²) in [5, 5.41) is 0.765. The van der Waals surface area contributed by atoms with Gasteiger partial charge in [-0.3, -0.25) is 14.1 Å². The first-order valence-electron chi connectivity index (χ1n) is 7.93. The Bertz CT molecular complexity index is 1010. The van der Waals surface area contributed by atoms with Crippen LogP contribution in [0.3, 0.4) is 0 Å². The number of hydrogen-bond acceptors (Lipinski definition) is 3. The van der Waals surface area contributed by atoms with Crippen LogP contribution in [0.5, 0.6) is 0 Å². The van der Waals surface area contributed by atoms with Crippen LogP contribution in [0.25, 0.3) is 16.7 Å². The van der Waals surface area contributed by atoms with Gasteiger partial charge in [-0.2, -0.15) is 0 Å². The third kappa shape index (κ3) is 2.73. The molecule has 0 bridgehead atoms. The van der Waals surface area contributed by atoms with Gasteiger partial charge in [0.25, 0.3) is 0 Å². The van der Waals surface area contributed by atoms with E-state index < -0.39 is 7.14 Å². The van der Waals surface area contributed by atoms with Crippen molar-refractivity contribution in [1.82, 2.24) is 14.1 Å². The average molecular weight is 343 g/mol. The van der Waals surface area contributed by atoms with E-state index in [4.69, 9.17) is 0 Å². The Hall–Kier alpha value is -2.13. The number of aromatic nitrogens is 3. The van der Waals surface area contributed by atoms with E-state index in [0.29, 0.717) is 11.6 Å². The Morgan fingerprint density at radius 3 is 2.33 bits per heavy atom. The van der Waals surface area contributed by atoms with E-state index in [-0.39, 0.29) is 5.69 Å². The van der Waals surface area contributed by atoms with E-state index in [2.05, 4.69) is 18.8 Å². The molecule has 24 heavy (non-hydrogen) atoms. The van der Waals surface area contributed by atoms with Crippen LogP contribution in [0.2, 0.25) is 0 Å². The maximum Gasteiger partial charge on any atom is 0.333 e. The summed E-state index contributed by atoms with van der Waals surface area (Å²) in [5.41, 5.74) is 3.13. The molecule has 3 aromatic rings. The summed E-state index contributed by atoms with van der Waals surface area (Å²) in [6.07, 6.45) is 1.72. The highest BCUT2D eigenvalue weighted by atomic mass is 31.2. The highest BCUT2D eigenvalue weighted by Crippen LogP contribution is 2.35. The molecule has 2 heterocycles. The van der Waals surface area contributed by atoms with Crippen LogP contribution in [0, 0.1) is 0 Å². The fourth-order valence-electron chi connectivity index (χ4n) is 2.79. The first kappa shape index (κ1) is 16.7. The predicted molar refractivity (Wildman–Crippen MR) is 99.5 cm³/mol. The van der Waals surface area contributed by atoms with Gasteiger partial charge in [0, 0.05) is 18.0 Å². The summed E-state index contributed by atoms with van der Waals surface area (Å²) in [4.78, 5) is 17.2. The Morgan fingerprint density at radius 1 is 1.08 bits per heavy atom. The van der Waals surface area contributed by atoms with Crippen LogP contribution < -0.4 is 11.0 Å². The monoisotopic (exact) mass is 343 g/mol. The number of benzene rings is 1. The zero-order chi connectivity index (χ0) is 17.6. The molecule has 126 valence electrons. The van der Waals surface area contributed by atoms with Crippen LogP contribution in [0.15, 0.2) is 41.3 Å². The standard InChI is InChI=1S/C18H22N3O2P/c1-12(2)15-8-6-13(11-19-15)21-17-10-14(24(4,5)23)7-9-16(17)20(3)18(21)22/h6-12H,1-5H3. The normalized spacial score (nSPS) is 12.2. The lowest BCUT2D eigenvalue weighted by Crippen LogP contribution is -2.21. The van der Waals surface area contributed by atoms with Crippen molar-refractivity contribution in [3.63, 3.8) is 0 Å². The molecule has 0 unspecified atom stereocenters. The highest BCUT2D eigenvalue weighted by Gasteiger charge is 2.17. The minimum absolute atomic E-state index is 0.136. The van der Waals surface area contributed by atoms with Gasteiger partial charge in [0.15, 0.2) is 0 Å². The lowest BCUT2D eigenvalue weighted by atomic mass is 10.1. The third-order valence-corrected chi connectivity index (χ3v) is 5.80. The number of aryl methyl sites for hydroxylation is 1. The maximum atomic E-state index is 12.7. The predicted octanol–water partition coefficient (Wildman–Crippen LogP) is 3.10. The summed E-state index contributed by atoms with van der Waals surface area (Å²) in [7, 11) is -0.657. The third-order valence-electron chi connectivity index (χ3n) is 4.28. The van der Waals surface area contributed by atoms with Crippen molar-refractivity contribution in [2.24, 2.45) is 7.05 Å². The molecular formula is C18H22N3O2P. The number of hydrogen-bond donors (Lipinski definition) is 0. The van der Waals surface area contributed by atoms with Crippen LogP contribution in [0.4, 0.5) is 0 Å². The smallest absolute Gasteiger partial charge is 0.319 e. The van der Waals surface area contributed by atoms with Crippen molar-refractivity contribution in [2.75, 3.05) is 13.3 Å². The SMILES string of the molecule is CC(C)c1ccc(-n2c(=O)n(C)c3ccc(P(C)(C)=O)cc32)cn1. The zero-order valence-electron chi connectivity index (χ0n) is 14.6. The Morgan fingerprint density at radius 2 is 1.79 bits per heavy atom.